The molecule has 52 heavy (non-hydrogen) atoms. The number of carbonyl (C=O) groups is 1. The van der Waals surface area contributed by atoms with E-state index in [-0.39, 0.29) is 24.0 Å². The van der Waals surface area contributed by atoms with E-state index in [9.17, 15) is 18.8 Å². The number of alkyl halides is 2. The highest BCUT2D eigenvalue weighted by Gasteiger charge is 2.33. The molecule has 0 aliphatic carbocycles. The molecule has 2 aliphatic rings. The number of methoxy groups -OCH3 is 1. The number of nitrogens with one attached hydrogen (secondary N) is 2. The lowest BCUT2D eigenvalue weighted by molar-refractivity contribution is -0.146. The van der Waals surface area contributed by atoms with Gasteiger partial charge in [-0.3, -0.25) is 14.6 Å². The van der Waals surface area contributed by atoms with Gasteiger partial charge in [0.1, 0.15) is 35.8 Å². The normalized spacial score (nSPS) is 17.5. The number of hydrogen-bond acceptors (Lipinski definition) is 10. The van der Waals surface area contributed by atoms with Gasteiger partial charge < -0.3 is 29.6 Å². The minimum Gasteiger partial charge on any atom is -0.484 e. The molecule has 4 rings (SSSR count). The van der Waals surface area contributed by atoms with Crippen LogP contribution in [0.4, 0.5) is 20.2 Å². The SMILES string of the molecule is C=C/C=C\C[C@@H](Oc1cc(OC(F)F)c(CN2CCC[C@H]2C(=O)OC)cc1NC)C(C/C=C\CC)Oc1c(C#N)cc(CN2CC(=C)C2)cc1NC. The van der Waals surface area contributed by atoms with Crippen LogP contribution in [0, 0.1) is 11.3 Å². The number of anilines is 2. The average Bonchev–Trinajstić information content (AvgIpc) is 3.58. The zero-order valence-corrected chi connectivity index (χ0v) is 30.6. The Morgan fingerprint density at radius 1 is 1.02 bits per heavy atom. The Labute approximate surface area is 306 Å². The standard InChI is InChI=1S/C40H51F2N5O5/c1-7-9-11-15-34(35(16-12-10-8-2)51-38-29(22-43)18-28(19-32(38)45-5)25-46-23-27(3)24-46)50-37-21-36(52-40(41)42)30(20-31(37)44-4)26-47-17-13-14-33(47)39(48)49-6/h7,9-12,18-21,33-35,40,44-45H,1,3,8,13-17,23-26H2,2,4-6H3/b11-9-,12-10-/t33-,34+,35?/m0/s1. The van der Waals surface area contributed by atoms with Crippen molar-refractivity contribution in [3.05, 3.63) is 90.1 Å². The highest BCUT2D eigenvalue weighted by atomic mass is 19.3. The van der Waals surface area contributed by atoms with Crippen LogP contribution in [0.15, 0.2) is 73.4 Å². The fourth-order valence-corrected chi connectivity index (χ4v) is 6.57. The van der Waals surface area contributed by atoms with Crippen LogP contribution >= 0.6 is 0 Å². The van der Waals surface area contributed by atoms with Crippen LogP contribution in [0.3, 0.4) is 0 Å². The maximum absolute atomic E-state index is 13.8. The highest BCUT2D eigenvalue weighted by molar-refractivity contribution is 5.76. The quantitative estimate of drug-likeness (QED) is 0.0815. The molecule has 0 bridgehead atoms. The zero-order valence-electron chi connectivity index (χ0n) is 30.6. The Morgan fingerprint density at radius 2 is 1.75 bits per heavy atom. The fourth-order valence-electron chi connectivity index (χ4n) is 6.57. The molecule has 2 fully saturated rings. The van der Waals surface area contributed by atoms with Gasteiger partial charge in [-0.05, 0) is 55.1 Å². The first-order chi connectivity index (χ1) is 25.1. The summed E-state index contributed by atoms with van der Waals surface area (Å²) < 4.78 is 51.1. The van der Waals surface area contributed by atoms with Gasteiger partial charge >= 0.3 is 12.6 Å². The number of nitrogens with zero attached hydrogens (tertiary/aromatic N) is 3. The first-order valence-electron chi connectivity index (χ1n) is 17.6. The summed E-state index contributed by atoms with van der Waals surface area (Å²) >= 11 is 0. The third-order valence-electron chi connectivity index (χ3n) is 9.07. The minimum absolute atomic E-state index is 0.0613. The third-order valence-corrected chi connectivity index (χ3v) is 9.07. The number of hydrogen-bond donors (Lipinski definition) is 2. The smallest absolute Gasteiger partial charge is 0.387 e. The van der Waals surface area contributed by atoms with Crippen LogP contribution in [-0.4, -0.2) is 81.5 Å². The van der Waals surface area contributed by atoms with E-state index in [1.54, 1.807) is 32.3 Å². The summed E-state index contributed by atoms with van der Waals surface area (Å²) in [5, 5.41) is 16.6. The lowest BCUT2D eigenvalue weighted by atomic mass is 10.0. The maximum Gasteiger partial charge on any atom is 0.387 e. The summed E-state index contributed by atoms with van der Waals surface area (Å²) in [6, 6.07) is 8.85. The van der Waals surface area contributed by atoms with Crippen LogP contribution in [0.5, 0.6) is 17.2 Å². The van der Waals surface area contributed by atoms with E-state index in [0.717, 1.165) is 31.5 Å². The van der Waals surface area contributed by atoms with Crippen molar-refractivity contribution in [2.75, 3.05) is 51.5 Å². The summed E-state index contributed by atoms with van der Waals surface area (Å²) in [5.41, 5.74) is 4.20. The number of nitriles is 1. The van der Waals surface area contributed by atoms with Gasteiger partial charge in [0.25, 0.3) is 0 Å². The summed E-state index contributed by atoms with van der Waals surface area (Å²) in [7, 11) is 4.84. The van der Waals surface area contributed by atoms with Gasteiger partial charge in [0.15, 0.2) is 5.75 Å². The topological polar surface area (TPSA) is 108 Å². The molecule has 0 radical (unpaired) electrons. The molecule has 280 valence electrons. The summed E-state index contributed by atoms with van der Waals surface area (Å²) in [6.07, 6.45) is 11.1. The zero-order chi connectivity index (χ0) is 37.6. The van der Waals surface area contributed by atoms with E-state index >= 15 is 0 Å². The van der Waals surface area contributed by atoms with Gasteiger partial charge in [-0.15, -0.1) is 0 Å². The van der Waals surface area contributed by atoms with E-state index < -0.39 is 24.9 Å². The molecule has 2 aliphatic heterocycles. The predicted molar refractivity (Wildman–Crippen MR) is 200 cm³/mol. The number of likely N-dealkylation sites (tertiary alicyclic amines) is 2. The molecule has 0 saturated carbocycles. The summed E-state index contributed by atoms with van der Waals surface area (Å²) in [4.78, 5) is 16.6. The van der Waals surface area contributed by atoms with E-state index in [4.69, 9.17) is 18.9 Å². The molecular weight excluding hydrogens is 668 g/mol. The maximum atomic E-state index is 13.8. The van der Waals surface area contributed by atoms with Gasteiger partial charge in [-0.1, -0.05) is 50.5 Å². The molecule has 2 aromatic carbocycles. The molecule has 2 aromatic rings. The second-order valence-electron chi connectivity index (χ2n) is 12.8. The van der Waals surface area contributed by atoms with Crippen molar-refractivity contribution in [3.63, 3.8) is 0 Å². The predicted octanol–water partition coefficient (Wildman–Crippen LogP) is 7.44. The molecule has 0 amide bonds. The Bertz CT molecular complexity index is 1650. The monoisotopic (exact) mass is 719 g/mol. The summed E-state index contributed by atoms with van der Waals surface area (Å²) in [6.45, 7) is 9.89. The van der Waals surface area contributed by atoms with Gasteiger partial charge in [-0.2, -0.15) is 14.0 Å². The number of rotatable bonds is 20. The van der Waals surface area contributed by atoms with Crippen molar-refractivity contribution in [1.82, 2.24) is 9.80 Å². The van der Waals surface area contributed by atoms with Crippen molar-refractivity contribution in [1.29, 1.82) is 5.26 Å². The van der Waals surface area contributed by atoms with Gasteiger partial charge in [-0.25, -0.2) is 0 Å². The molecule has 0 spiro atoms. The van der Waals surface area contributed by atoms with Crippen molar-refractivity contribution in [2.24, 2.45) is 0 Å². The molecule has 10 nitrogen and oxygen atoms in total. The second-order valence-corrected chi connectivity index (χ2v) is 12.8. The molecular formula is C40H51F2N5O5. The fraction of sp³-hybridized carbons (Fsp3) is 0.450. The molecule has 0 aromatic heterocycles. The van der Waals surface area contributed by atoms with Gasteiger partial charge in [0.05, 0.1) is 24.0 Å². The molecule has 2 saturated heterocycles. The molecule has 3 atom stereocenters. The number of carbonyl (C=O) groups excluding carboxylic acids is 1. The minimum atomic E-state index is -3.09. The van der Waals surface area contributed by atoms with Crippen molar-refractivity contribution >= 4 is 17.3 Å². The Balaban J connectivity index is 1.73. The summed E-state index contributed by atoms with van der Waals surface area (Å²) in [5.74, 6) is 0.251. The number of esters is 1. The van der Waals surface area contributed by atoms with Crippen molar-refractivity contribution in [2.45, 2.75) is 77.0 Å². The first-order valence-corrected chi connectivity index (χ1v) is 17.6. The van der Waals surface area contributed by atoms with Crippen LogP contribution in [0.2, 0.25) is 0 Å². The largest absolute Gasteiger partial charge is 0.484 e. The van der Waals surface area contributed by atoms with Crippen LogP contribution in [-0.2, 0) is 22.6 Å². The Hall–Kier alpha value is -4.86. The Morgan fingerprint density at radius 3 is 2.38 bits per heavy atom. The van der Waals surface area contributed by atoms with E-state index in [1.165, 1.54) is 18.7 Å². The van der Waals surface area contributed by atoms with Gasteiger partial charge in [0.2, 0.25) is 0 Å². The molecule has 2 heterocycles. The highest BCUT2D eigenvalue weighted by Crippen LogP contribution is 2.39. The number of benzene rings is 2. The molecule has 12 heteroatoms. The number of allylic oxidation sites excluding steroid dienone is 3. The van der Waals surface area contributed by atoms with Crippen LogP contribution < -0.4 is 24.8 Å². The lowest BCUT2D eigenvalue weighted by Gasteiger charge is -2.33. The molecule has 1 unspecified atom stereocenters. The number of halogens is 2. The Kier molecular flexibility index (Phi) is 15.1. The molecule has 2 N–H and O–H groups in total. The van der Waals surface area contributed by atoms with Gasteiger partial charge in [0, 0.05) is 64.7 Å². The third kappa shape index (κ3) is 10.6. The second kappa shape index (κ2) is 19.7. The first kappa shape index (κ1) is 39.9. The average molecular weight is 720 g/mol. The van der Waals surface area contributed by atoms with E-state index in [2.05, 4.69) is 34.8 Å². The van der Waals surface area contributed by atoms with Crippen molar-refractivity contribution < 1.29 is 32.5 Å². The lowest BCUT2D eigenvalue weighted by Crippen LogP contribution is -2.38. The van der Waals surface area contributed by atoms with Crippen molar-refractivity contribution in [3.8, 4) is 23.3 Å². The van der Waals surface area contributed by atoms with E-state index in [1.807, 2.05) is 42.2 Å². The van der Waals surface area contributed by atoms with Crippen LogP contribution in [0.25, 0.3) is 0 Å². The number of ether oxygens (including phenoxy) is 4. The van der Waals surface area contributed by atoms with Crippen LogP contribution in [0.1, 0.15) is 55.7 Å². The van der Waals surface area contributed by atoms with E-state index in [0.29, 0.717) is 60.6 Å².